The summed E-state index contributed by atoms with van der Waals surface area (Å²) in [7, 11) is 3.29. The number of carbonyl (C=O) groups is 1. The van der Waals surface area contributed by atoms with Crippen LogP contribution in [0.1, 0.15) is 43.1 Å². The van der Waals surface area contributed by atoms with Crippen LogP contribution >= 0.6 is 0 Å². The van der Waals surface area contributed by atoms with Crippen LogP contribution in [0.25, 0.3) is 0 Å². The Bertz CT molecular complexity index is 918. The van der Waals surface area contributed by atoms with E-state index in [4.69, 9.17) is 14.2 Å². The molecule has 35 heavy (non-hydrogen) atoms. The van der Waals surface area contributed by atoms with Crippen LogP contribution in [0, 0.1) is 17.8 Å². The van der Waals surface area contributed by atoms with Gasteiger partial charge in [0.05, 0.1) is 13.7 Å². The number of ether oxygens (including phenoxy) is 3. The molecule has 6 heteroatoms. The van der Waals surface area contributed by atoms with Gasteiger partial charge < -0.3 is 24.4 Å². The number of hydrogen-bond acceptors (Lipinski definition) is 5. The van der Waals surface area contributed by atoms with E-state index in [1.54, 1.807) is 14.2 Å². The van der Waals surface area contributed by atoms with Gasteiger partial charge in [0.1, 0.15) is 0 Å². The van der Waals surface area contributed by atoms with Crippen LogP contribution < -0.4 is 14.8 Å². The Hall–Kier alpha value is -2.57. The molecule has 3 unspecified atom stereocenters. The van der Waals surface area contributed by atoms with Gasteiger partial charge in [-0.3, -0.25) is 4.79 Å². The maximum atomic E-state index is 13.9. The first-order valence-electron chi connectivity index (χ1n) is 12.8. The minimum Gasteiger partial charge on any atom is -0.493 e. The van der Waals surface area contributed by atoms with Gasteiger partial charge in [0.25, 0.3) is 5.91 Å². The van der Waals surface area contributed by atoms with E-state index in [2.05, 4.69) is 61.3 Å². The summed E-state index contributed by atoms with van der Waals surface area (Å²) >= 11 is 0. The largest absolute Gasteiger partial charge is 0.493 e. The molecule has 1 aliphatic heterocycles. The predicted molar refractivity (Wildman–Crippen MR) is 140 cm³/mol. The van der Waals surface area contributed by atoms with Crippen LogP contribution in [-0.4, -0.2) is 63.9 Å². The third-order valence-corrected chi connectivity index (χ3v) is 7.13. The average molecular weight is 483 g/mol. The topological polar surface area (TPSA) is 60.0 Å². The number of benzene rings is 2. The zero-order valence-electron chi connectivity index (χ0n) is 22.0. The maximum absolute atomic E-state index is 13.9. The number of nitrogens with one attached hydrogen (secondary N) is 1. The molecule has 0 aromatic heterocycles. The van der Waals surface area contributed by atoms with Crippen molar-refractivity contribution in [3.63, 3.8) is 0 Å². The summed E-state index contributed by atoms with van der Waals surface area (Å²) in [6.07, 6.45) is 1.80. The summed E-state index contributed by atoms with van der Waals surface area (Å²) in [5, 5.41) is 3.57. The third kappa shape index (κ3) is 7.45. The van der Waals surface area contributed by atoms with Crippen molar-refractivity contribution in [2.45, 2.75) is 39.7 Å². The molecule has 6 nitrogen and oxygen atoms in total. The Kier molecular flexibility index (Phi) is 10.4. The van der Waals surface area contributed by atoms with E-state index in [1.807, 2.05) is 18.2 Å². The van der Waals surface area contributed by atoms with E-state index in [-0.39, 0.29) is 11.9 Å². The molecule has 1 fully saturated rings. The van der Waals surface area contributed by atoms with E-state index in [0.29, 0.717) is 48.0 Å². The minimum atomic E-state index is 0.0426. The molecular weight excluding hydrogens is 440 g/mol. The van der Waals surface area contributed by atoms with Gasteiger partial charge in [-0.1, -0.05) is 44.2 Å². The number of amides is 1. The first-order chi connectivity index (χ1) is 16.9. The molecule has 1 N–H and O–H groups in total. The monoisotopic (exact) mass is 482 g/mol. The van der Waals surface area contributed by atoms with Crippen LogP contribution in [0.15, 0.2) is 48.5 Å². The molecule has 0 bridgehead atoms. The van der Waals surface area contributed by atoms with E-state index in [0.717, 1.165) is 32.5 Å². The summed E-state index contributed by atoms with van der Waals surface area (Å²) in [6, 6.07) is 16.3. The molecule has 3 atom stereocenters. The lowest BCUT2D eigenvalue weighted by Crippen LogP contribution is -2.45. The zero-order valence-corrected chi connectivity index (χ0v) is 22.0. The Morgan fingerprint density at radius 1 is 1.00 bits per heavy atom. The summed E-state index contributed by atoms with van der Waals surface area (Å²) in [6.45, 7) is 10.3. The van der Waals surface area contributed by atoms with E-state index < -0.39 is 0 Å². The van der Waals surface area contributed by atoms with Crippen molar-refractivity contribution >= 4 is 5.91 Å². The van der Waals surface area contributed by atoms with Crippen molar-refractivity contribution in [2.24, 2.45) is 17.8 Å². The van der Waals surface area contributed by atoms with Crippen molar-refractivity contribution in [1.29, 1.82) is 0 Å². The Labute approximate surface area is 210 Å². The average Bonchev–Trinajstić information content (AvgIpc) is 3.31. The zero-order chi connectivity index (χ0) is 25.2. The van der Waals surface area contributed by atoms with Gasteiger partial charge in [-0.15, -0.1) is 0 Å². The van der Waals surface area contributed by atoms with Crippen molar-refractivity contribution in [2.75, 3.05) is 47.1 Å². The van der Waals surface area contributed by atoms with Gasteiger partial charge in [0.15, 0.2) is 11.5 Å². The fourth-order valence-electron chi connectivity index (χ4n) is 4.68. The second-order valence-corrected chi connectivity index (χ2v) is 9.87. The SMILES string of the molecule is COCCCOc1cc(C(=O)N(CC2CNCC2Cc2ccccc2)C(C)C(C)C)ccc1OC. The lowest BCUT2D eigenvalue weighted by atomic mass is 9.88. The fourth-order valence-corrected chi connectivity index (χ4v) is 4.68. The molecule has 0 saturated carbocycles. The van der Waals surface area contributed by atoms with Gasteiger partial charge >= 0.3 is 0 Å². The highest BCUT2D eigenvalue weighted by atomic mass is 16.5. The number of nitrogens with zero attached hydrogens (tertiary/aromatic N) is 1. The quantitative estimate of drug-likeness (QED) is 0.420. The highest BCUT2D eigenvalue weighted by Gasteiger charge is 2.33. The molecule has 1 aliphatic rings. The number of hydrogen-bond donors (Lipinski definition) is 1. The highest BCUT2D eigenvalue weighted by molar-refractivity contribution is 5.95. The molecule has 192 valence electrons. The molecule has 1 heterocycles. The summed E-state index contributed by atoms with van der Waals surface area (Å²) < 4.78 is 16.5. The van der Waals surface area contributed by atoms with Crippen LogP contribution in [-0.2, 0) is 11.2 Å². The third-order valence-electron chi connectivity index (χ3n) is 7.13. The van der Waals surface area contributed by atoms with Crippen molar-refractivity contribution in [3.05, 3.63) is 59.7 Å². The molecule has 0 radical (unpaired) electrons. The summed E-state index contributed by atoms with van der Waals surface area (Å²) in [5.74, 6) is 2.53. The Morgan fingerprint density at radius 2 is 1.74 bits per heavy atom. The first-order valence-corrected chi connectivity index (χ1v) is 12.8. The van der Waals surface area contributed by atoms with E-state index >= 15 is 0 Å². The molecule has 1 saturated heterocycles. The normalized spacial score (nSPS) is 18.5. The smallest absolute Gasteiger partial charge is 0.254 e. The molecule has 3 rings (SSSR count). The number of carbonyl (C=O) groups excluding carboxylic acids is 1. The second kappa shape index (κ2) is 13.5. The Morgan fingerprint density at radius 3 is 2.43 bits per heavy atom. The maximum Gasteiger partial charge on any atom is 0.254 e. The minimum absolute atomic E-state index is 0.0426. The number of rotatable bonds is 13. The first kappa shape index (κ1) is 27.0. The lowest BCUT2D eigenvalue weighted by Gasteiger charge is -2.35. The predicted octanol–water partition coefficient (Wildman–Crippen LogP) is 4.68. The molecule has 2 aromatic rings. The molecular formula is C29H42N2O4. The lowest BCUT2D eigenvalue weighted by molar-refractivity contribution is 0.0594. The van der Waals surface area contributed by atoms with Crippen molar-refractivity contribution in [1.82, 2.24) is 10.2 Å². The van der Waals surface area contributed by atoms with Crippen molar-refractivity contribution in [3.8, 4) is 11.5 Å². The Balaban J connectivity index is 1.78. The van der Waals surface area contributed by atoms with Gasteiger partial charge in [0.2, 0.25) is 0 Å². The van der Waals surface area contributed by atoms with Gasteiger partial charge in [-0.2, -0.15) is 0 Å². The summed E-state index contributed by atoms with van der Waals surface area (Å²) in [5.41, 5.74) is 1.98. The molecule has 2 aromatic carbocycles. The van der Waals surface area contributed by atoms with Gasteiger partial charge in [0, 0.05) is 38.3 Å². The molecule has 0 aliphatic carbocycles. The highest BCUT2D eigenvalue weighted by Crippen LogP contribution is 2.30. The van der Waals surface area contributed by atoms with Crippen LogP contribution in [0.2, 0.25) is 0 Å². The second-order valence-electron chi connectivity index (χ2n) is 9.87. The number of methoxy groups -OCH3 is 2. The van der Waals surface area contributed by atoms with Crippen LogP contribution in [0.5, 0.6) is 11.5 Å². The van der Waals surface area contributed by atoms with Gasteiger partial charge in [-0.05, 0) is 68.0 Å². The fraction of sp³-hybridized carbons (Fsp3) is 0.552. The van der Waals surface area contributed by atoms with E-state index in [1.165, 1.54) is 5.56 Å². The van der Waals surface area contributed by atoms with Crippen LogP contribution in [0.4, 0.5) is 0 Å². The summed E-state index contributed by atoms with van der Waals surface area (Å²) in [4.78, 5) is 15.9. The molecule has 1 amide bonds. The van der Waals surface area contributed by atoms with Crippen LogP contribution in [0.3, 0.4) is 0 Å². The van der Waals surface area contributed by atoms with E-state index in [9.17, 15) is 4.79 Å². The van der Waals surface area contributed by atoms with Crippen molar-refractivity contribution < 1.29 is 19.0 Å². The van der Waals surface area contributed by atoms with Gasteiger partial charge in [-0.25, -0.2) is 0 Å². The molecule has 0 spiro atoms. The standard InChI is InChI=1S/C29H42N2O4/c1-21(2)22(3)31(20-26-19-30-18-25(26)16-23-10-7-6-8-11-23)29(32)24-12-13-27(34-5)28(17-24)35-15-9-14-33-4/h6-8,10-13,17,21-22,25-26,30H,9,14-16,18-20H2,1-5H3.